The molecule has 0 spiro atoms. The van der Waals surface area contributed by atoms with Gasteiger partial charge in [-0.05, 0) is 34.9 Å². The molecule has 4 rings (SSSR count). The third-order valence-corrected chi connectivity index (χ3v) is 4.61. The summed E-state index contributed by atoms with van der Waals surface area (Å²) in [5, 5.41) is 14.0. The molecule has 0 aromatic heterocycles. The molecule has 0 saturated carbocycles. The molecular weight excluding hydrogens is 384 g/mol. The number of rotatable bonds is 6. The van der Waals surface area contributed by atoms with Crippen molar-refractivity contribution in [1.82, 2.24) is 5.32 Å². The van der Waals surface area contributed by atoms with Crippen LogP contribution in [-0.4, -0.2) is 17.6 Å². The minimum absolute atomic E-state index is 0.0306. The van der Waals surface area contributed by atoms with Gasteiger partial charge < -0.3 is 14.8 Å². The topological polar surface area (TPSA) is 90.7 Å². The van der Waals surface area contributed by atoms with Gasteiger partial charge in [-0.2, -0.15) is 0 Å². The average molecular weight is 402 g/mol. The van der Waals surface area contributed by atoms with Crippen LogP contribution in [0.1, 0.15) is 16.7 Å². The summed E-state index contributed by atoms with van der Waals surface area (Å²) < 4.78 is 10.7. The lowest BCUT2D eigenvalue weighted by atomic mass is 10.0. The van der Waals surface area contributed by atoms with Crippen LogP contribution < -0.4 is 14.8 Å². The van der Waals surface area contributed by atoms with Gasteiger partial charge in [-0.15, -0.1) is 0 Å². The fourth-order valence-electron chi connectivity index (χ4n) is 3.12. The highest BCUT2D eigenvalue weighted by Crippen LogP contribution is 2.32. The zero-order chi connectivity index (χ0) is 20.9. The number of carbonyl (C=O) groups excluding carboxylic acids is 1. The largest absolute Gasteiger partial charge is 0.454 e. The lowest BCUT2D eigenvalue weighted by Gasteiger charge is -2.10. The number of benzene rings is 3. The Labute approximate surface area is 172 Å². The van der Waals surface area contributed by atoms with Crippen molar-refractivity contribution in [3.8, 4) is 11.5 Å². The van der Waals surface area contributed by atoms with Gasteiger partial charge in [0.25, 0.3) is 11.6 Å². The van der Waals surface area contributed by atoms with Gasteiger partial charge in [-0.1, -0.05) is 48.5 Å². The zero-order valence-electron chi connectivity index (χ0n) is 15.9. The SMILES string of the molecule is O=C(NCc1ccc2c(c1)OCO2)/C(=C/c1cccc([N+](=O)[O-])c1)c1ccccc1. The molecule has 0 unspecified atom stereocenters. The molecule has 0 radical (unpaired) electrons. The van der Waals surface area contributed by atoms with E-state index in [1.54, 1.807) is 24.3 Å². The molecule has 7 heteroatoms. The molecule has 0 fully saturated rings. The van der Waals surface area contributed by atoms with E-state index in [9.17, 15) is 14.9 Å². The standard InChI is InChI=1S/C23H18N2O5/c26-23(24-14-17-9-10-21-22(13-17)30-15-29-21)20(18-6-2-1-3-7-18)12-16-5-4-8-19(11-16)25(27)28/h1-13H,14-15H2,(H,24,26)/b20-12+. The van der Waals surface area contributed by atoms with E-state index in [1.807, 2.05) is 42.5 Å². The Morgan fingerprint density at radius 2 is 1.80 bits per heavy atom. The Kier molecular flexibility index (Phi) is 5.43. The first-order valence-corrected chi connectivity index (χ1v) is 9.28. The van der Waals surface area contributed by atoms with Gasteiger partial charge in [0.2, 0.25) is 6.79 Å². The second kappa shape index (κ2) is 8.48. The fourth-order valence-corrected chi connectivity index (χ4v) is 3.12. The molecule has 7 nitrogen and oxygen atoms in total. The lowest BCUT2D eigenvalue weighted by molar-refractivity contribution is -0.384. The maximum atomic E-state index is 13.0. The molecule has 1 aliphatic rings. The highest BCUT2D eigenvalue weighted by Gasteiger charge is 2.16. The van der Waals surface area contributed by atoms with Crippen LogP contribution in [0.4, 0.5) is 5.69 Å². The van der Waals surface area contributed by atoms with E-state index in [2.05, 4.69) is 5.32 Å². The number of amides is 1. The molecule has 3 aromatic carbocycles. The number of nitrogens with zero attached hydrogens (tertiary/aromatic N) is 1. The second-order valence-electron chi connectivity index (χ2n) is 6.65. The van der Waals surface area contributed by atoms with E-state index < -0.39 is 4.92 Å². The highest BCUT2D eigenvalue weighted by molar-refractivity contribution is 6.24. The third-order valence-electron chi connectivity index (χ3n) is 4.61. The third kappa shape index (κ3) is 4.30. The number of carbonyl (C=O) groups is 1. The van der Waals surface area contributed by atoms with Crippen LogP contribution in [0.3, 0.4) is 0 Å². The Hall–Kier alpha value is -4.13. The van der Waals surface area contributed by atoms with Crippen molar-refractivity contribution in [3.05, 3.63) is 99.6 Å². The minimum Gasteiger partial charge on any atom is -0.454 e. The van der Waals surface area contributed by atoms with Crippen LogP contribution in [0.5, 0.6) is 11.5 Å². The molecule has 0 aliphatic carbocycles. The van der Waals surface area contributed by atoms with Crippen LogP contribution >= 0.6 is 0 Å². The zero-order valence-corrected chi connectivity index (χ0v) is 15.9. The first-order chi connectivity index (χ1) is 14.6. The Balaban J connectivity index is 1.59. The van der Waals surface area contributed by atoms with E-state index in [4.69, 9.17) is 9.47 Å². The number of non-ortho nitro benzene ring substituents is 1. The predicted octanol–water partition coefficient (Wildman–Crippen LogP) is 4.18. The van der Waals surface area contributed by atoms with E-state index >= 15 is 0 Å². The summed E-state index contributed by atoms with van der Waals surface area (Å²) in [5.41, 5.74) is 2.54. The van der Waals surface area contributed by atoms with Crippen molar-refractivity contribution in [1.29, 1.82) is 0 Å². The number of hydrogen-bond donors (Lipinski definition) is 1. The molecule has 0 bridgehead atoms. The molecular formula is C23H18N2O5. The Morgan fingerprint density at radius 1 is 1.00 bits per heavy atom. The summed E-state index contributed by atoms with van der Waals surface area (Å²) >= 11 is 0. The number of fused-ring (bicyclic) bond motifs is 1. The predicted molar refractivity (Wildman–Crippen MR) is 112 cm³/mol. The maximum Gasteiger partial charge on any atom is 0.270 e. The number of nitro benzene ring substituents is 1. The molecule has 30 heavy (non-hydrogen) atoms. The Morgan fingerprint density at radius 3 is 2.60 bits per heavy atom. The molecule has 1 aliphatic heterocycles. The van der Waals surface area contributed by atoms with Gasteiger partial charge >= 0.3 is 0 Å². The quantitative estimate of drug-likeness (QED) is 0.289. The van der Waals surface area contributed by atoms with Crippen LogP contribution in [0, 0.1) is 10.1 Å². The van der Waals surface area contributed by atoms with Crippen molar-refractivity contribution >= 4 is 23.2 Å². The van der Waals surface area contributed by atoms with Crippen LogP contribution in [0.2, 0.25) is 0 Å². The van der Waals surface area contributed by atoms with Crippen molar-refractivity contribution in [2.24, 2.45) is 0 Å². The molecule has 3 aromatic rings. The summed E-state index contributed by atoms with van der Waals surface area (Å²) in [6.07, 6.45) is 1.65. The molecule has 0 saturated heterocycles. The van der Waals surface area contributed by atoms with Gasteiger partial charge in [-0.25, -0.2) is 0 Å². The van der Waals surface area contributed by atoms with Crippen LogP contribution in [-0.2, 0) is 11.3 Å². The number of hydrogen-bond acceptors (Lipinski definition) is 5. The molecule has 1 amide bonds. The minimum atomic E-state index is -0.459. The highest BCUT2D eigenvalue weighted by atomic mass is 16.7. The lowest BCUT2D eigenvalue weighted by Crippen LogP contribution is -2.23. The van der Waals surface area contributed by atoms with Crippen LogP contribution in [0.15, 0.2) is 72.8 Å². The molecule has 1 heterocycles. The average Bonchev–Trinajstić information content (AvgIpc) is 3.24. The maximum absolute atomic E-state index is 13.0. The van der Waals surface area contributed by atoms with Gasteiger partial charge in [0.1, 0.15) is 0 Å². The van der Waals surface area contributed by atoms with E-state index in [-0.39, 0.29) is 18.4 Å². The summed E-state index contributed by atoms with van der Waals surface area (Å²) in [5.74, 6) is 1.04. The van der Waals surface area contributed by atoms with E-state index in [1.165, 1.54) is 12.1 Å². The molecule has 1 N–H and O–H groups in total. The van der Waals surface area contributed by atoms with Crippen molar-refractivity contribution in [2.45, 2.75) is 6.54 Å². The van der Waals surface area contributed by atoms with Crippen molar-refractivity contribution in [2.75, 3.05) is 6.79 Å². The smallest absolute Gasteiger partial charge is 0.270 e. The molecule has 0 atom stereocenters. The van der Waals surface area contributed by atoms with Gasteiger partial charge in [0.05, 0.1) is 4.92 Å². The van der Waals surface area contributed by atoms with Gasteiger partial charge in [0, 0.05) is 24.3 Å². The number of nitrogens with one attached hydrogen (secondary N) is 1. The number of nitro groups is 1. The summed E-state index contributed by atoms with van der Waals surface area (Å²) in [6.45, 7) is 0.490. The van der Waals surface area contributed by atoms with Gasteiger partial charge in [0.15, 0.2) is 11.5 Å². The van der Waals surface area contributed by atoms with E-state index in [0.717, 1.165) is 5.56 Å². The summed E-state index contributed by atoms with van der Waals surface area (Å²) in [4.78, 5) is 23.6. The summed E-state index contributed by atoms with van der Waals surface area (Å²) in [7, 11) is 0. The van der Waals surface area contributed by atoms with Crippen molar-refractivity contribution in [3.63, 3.8) is 0 Å². The van der Waals surface area contributed by atoms with Gasteiger partial charge in [-0.3, -0.25) is 14.9 Å². The number of ether oxygens (including phenoxy) is 2. The fraction of sp³-hybridized carbons (Fsp3) is 0.0870. The second-order valence-corrected chi connectivity index (χ2v) is 6.65. The Bertz CT molecular complexity index is 1130. The normalized spacial score (nSPS) is 12.5. The first kappa shape index (κ1) is 19.2. The van der Waals surface area contributed by atoms with Crippen molar-refractivity contribution < 1.29 is 19.2 Å². The monoisotopic (exact) mass is 402 g/mol. The first-order valence-electron chi connectivity index (χ1n) is 9.28. The van der Waals surface area contributed by atoms with Crippen LogP contribution in [0.25, 0.3) is 11.6 Å². The molecule has 150 valence electrons. The summed E-state index contributed by atoms with van der Waals surface area (Å²) in [6, 6.07) is 20.8. The van der Waals surface area contributed by atoms with E-state index in [0.29, 0.717) is 34.7 Å².